The number of hydrogen-bond acceptors (Lipinski definition) is 4. The van der Waals surface area contributed by atoms with Gasteiger partial charge in [0.15, 0.2) is 0 Å². The summed E-state index contributed by atoms with van der Waals surface area (Å²) in [6.45, 7) is 1.95. The van der Waals surface area contributed by atoms with Gasteiger partial charge in [0.25, 0.3) is 0 Å². The first-order valence-electron chi connectivity index (χ1n) is 11.7. The summed E-state index contributed by atoms with van der Waals surface area (Å²) in [7, 11) is -3.86. The molecule has 0 aliphatic rings. The zero-order valence-electron chi connectivity index (χ0n) is 20.2. The summed E-state index contributed by atoms with van der Waals surface area (Å²) < 4.78 is 28.8. The lowest BCUT2D eigenvalue weighted by atomic mass is 10.0. The summed E-state index contributed by atoms with van der Waals surface area (Å²) in [5.74, 6) is 0.0742. The molecule has 5 nitrogen and oxygen atoms in total. The summed E-state index contributed by atoms with van der Waals surface area (Å²) in [5.41, 5.74) is 3.18. The first-order valence-corrected chi connectivity index (χ1v) is 13.9. The van der Waals surface area contributed by atoms with Crippen LogP contribution in [0.3, 0.4) is 0 Å². The van der Waals surface area contributed by atoms with Crippen molar-refractivity contribution in [3.05, 3.63) is 130 Å². The minimum atomic E-state index is -3.86. The maximum absolute atomic E-state index is 13.7. The maximum Gasteiger partial charge on any atom is 0.243 e. The Balaban J connectivity index is 1.55. The molecular formula is C29H26Cl2N2O3S. The minimum absolute atomic E-state index is 0.0742. The van der Waals surface area contributed by atoms with Crippen LogP contribution < -0.4 is 0 Å². The highest BCUT2D eigenvalue weighted by atomic mass is 35.5. The molecule has 0 aliphatic heterocycles. The lowest BCUT2D eigenvalue weighted by Crippen LogP contribution is -2.33. The lowest BCUT2D eigenvalue weighted by Gasteiger charge is -2.28. The van der Waals surface area contributed by atoms with Crippen molar-refractivity contribution in [3.63, 3.8) is 0 Å². The Bertz CT molecular complexity index is 1460. The molecule has 0 unspecified atom stereocenters. The molecule has 4 aromatic rings. The Kier molecular flexibility index (Phi) is 8.77. The van der Waals surface area contributed by atoms with Crippen molar-refractivity contribution < 1.29 is 13.2 Å². The number of halogens is 2. The SMILES string of the molecule is C[C@@H](c1ccc(CC(=O)Cc2cccc(Cl)c2)cc1)N(Cc1ccccn1)S(=O)(=O)c1ccc(Cl)cc1. The number of carbonyl (C=O) groups excluding carboxylic acids is 1. The average molecular weight is 554 g/mol. The number of hydrogen-bond donors (Lipinski definition) is 0. The quantitative estimate of drug-likeness (QED) is 0.219. The summed E-state index contributed by atoms with van der Waals surface area (Å²) in [6.07, 6.45) is 2.22. The molecule has 37 heavy (non-hydrogen) atoms. The van der Waals surface area contributed by atoms with Gasteiger partial charge >= 0.3 is 0 Å². The molecule has 0 radical (unpaired) electrons. The highest BCUT2D eigenvalue weighted by Crippen LogP contribution is 2.30. The molecule has 0 spiro atoms. The molecule has 0 fully saturated rings. The fourth-order valence-corrected chi connectivity index (χ4v) is 6.00. The van der Waals surface area contributed by atoms with Gasteiger partial charge in [0, 0.05) is 35.1 Å². The largest absolute Gasteiger partial charge is 0.299 e. The van der Waals surface area contributed by atoms with Crippen molar-refractivity contribution in [2.24, 2.45) is 0 Å². The Morgan fingerprint density at radius 3 is 2.19 bits per heavy atom. The van der Waals surface area contributed by atoms with Crippen LogP contribution in [0.15, 0.2) is 102 Å². The summed E-state index contributed by atoms with van der Waals surface area (Å²) >= 11 is 12.0. The van der Waals surface area contributed by atoms with Crippen LogP contribution in [0.1, 0.15) is 35.3 Å². The number of benzene rings is 3. The molecule has 0 saturated carbocycles. The molecule has 0 N–H and O–H groups in total. The predicted molar refractivity (Wildman–Crippen MR) is 147 cm³/mol. The van der Waals surface area contributed by atoms with Crippen molar-refractivity contribution in [2.45, 2.75) is 37.2 Å². The fraction of sp³-hybridized carbons (Fsp3) is 0.172. The number of Topliss-reactive ketones (excluding diaryl/α,β-unsaturated/α-hetero) is 1. The second-order valence-electron chi connectivity index (χ2n) is 8.76. The zero-order chi connectivity index (χ0) is 26.4. The average Bonchev–Trinajstić information content (AvgIpc) is 2.88. The minimum Gasteiger partial charge on any atom is -0.299 e. The van der Waals surface area contributed by atoms with Gasteiger partial charge in [0.2, 0.25) is 10.0 Å². The van der Waals surface area contributed by atoms with Crippen LogP contribution in [0.5, 0.6) is 0 Å². The van der Waals surface area contributed by atoms with E-state index in [-0.39, 0.29) is 23.6 Å². The monoisotopic (exact) mass is 552 g/mol. The van der Waals surface area contributed by atoms with E-state index in [1.54, 1.807) is 42.6 Å². The Morgan fingerprint density at radius 1 is 0.838 bits per heavy atom. The van der Waals surface area contributed by atoms with Gasteiger partial charge in [-0.2, -0.15) is 4.31 Å². The topological polar surface area (TPSA) is 67.3 Å². The van der Waals surface area contributed by atoms with E-state index >= 15 is 0 Å². The molecule has 0 bridgehead atoms. The third-order valence-corrected chi connectivity index (χ3v) is 8.47. The van der Waals surface area contributed by atoms with E-state index in [0.717, 1.165) is 16.7 Å². The summed E-state index contributed by atoms with van der Waals surface area (Å²) in [4.78, 5) is 17.1. The molecule has 1 atom stereocenters. The van der Waals surface area contributed by atoms with Crippen molar-refractivity contribution >= 4 is 39.0 Å². The molecule has 8 heteroatoms. The van der Waals surface area contributed by atoms with Crippen molar-refractivity contribution in [1.82, 2.24) is 9.29 Å². The molecule has 0 saturated heterocycles. The van der Waals surface area contributed by atoms with Crippen LogP contribution in [-0.4, -0.2) is 23.5 Å². The second kappa shape index (κ2) is 12.0. The summed E-state index contributed by atoms with van der Waals surface area (Å²) in [6, 6.07) is 25.8. The molecule has 0 aliphatic carbocycles. The van der Waals surface area contributed by atoms with E-state index in [1.165, 1.54) is 16.4 Å². The molecule has 0 amide bonds. The number of ketones is 1. The van der Waals surface area contributed by atoms with Crippen LogP contribution in [0, 0.1) is 0 Å². The van der Waals surface area contributed by atoms with E-state index in [2.05, 4.69) is 4.98 Å². The van der Waals surface area contributed by atoms with E-state index in [0.29, 0.717) is 22.2 Å². The van der Waals surface area contributed by atoms with Crippen LogP contribution in [0.4, 0.5) is 0 Å². The Morgan fingerprint density at radius 2 is 1.54 bits per heavy atom. The first kappa shape index (κ1) is 27.0. The van der Waals surface area contributed by atoms with Gasteiger partial charge in [-0.3, -0.25) is 9.78 Å². The summed E-state index contributed by atoms with van der Waals surface area (Å²) in [5, 5.41) is 1.07. The first-order chi connectivity index (χ1) is 17.7. The second-order valence-corrected chi connectivity index (χ2v) is 11.5. The van der Waals surface area contributed by atoms with E-state index in [1.807, 2.05) is 49.4 Å². The number of pyridine rings is 1. The van der Waals surface area contributed by atoms with Gasteiger partial charge < -0.3 is 0 Å². The maximum atomic E-state index is 13.7. The molecule has 1 aromatic heterocycles. The fourth-order valence-electron chi connectivity index (χ4n) is 4.07. The van der Waals surface area contributed by atoms with Crippen LogP contribution in [0.2, 0.25) is 10.0 Å². The molecule has 3 aromatic carbocycles. The highest BCUT2D eigenvalue weighted by Gasteiger charge is 2.30. The van der Waals surface area contributed by atoms with Gasteiger partial charge in [0.1, 0.15) is 5.78 Å². The number of carbonyl (C=O) groups is 1. The number of rotatable bonds is 10. The van der Waals surface area contributed by atoms with Crippen LogP contribution in [0.25, 0.3) is 0 Å². The van der Waals surface area contributed by atoms with E-state index < -0.39 is 16.1 Å². The van der Waals surface area contributed by atoms with Gasteiger partial charge in [-0.15, -0.1) is 0 Å². The lowest BCUT2D eigenvalue weighted by molar-refractivity contribution is -0.117. The molecule has 190 valence electrons. The highest BCUT2D eigenvalue weighted by molar-refractivity contribution is 7.89. The van der Waals surface area contributed by atoms with Gasteiger partial charge in [-0.05, 0) is 72.1 Å². The van der Waals surface area contributed by atoms with Crippen molar-refractivity contribution in [1.29, 1.82) is 0 Å². The van der Waals surface area contributed by atoms with E-state index in [9.17, 15) is 13.2 Å². The van der Waals surface area contributed by atoms with Gasteiger partial charge in [-0.1, -0.05) is 65.7 Å². The van der Waals surface area contributed by atoms with Gasteiger partial charge in [-0.25, -0.2) is 8.42 Å². The molecule has 1 heterocycles. The van der Waals surface area contributed by atoms with Crippen LogP contribution in [-0.2, 0) is 34.2 Å². The van der Waals surface area contributed by atoms with Gasteiger partial charge in [0.05, 0.1) is 17.1 Å². The van der Waals surface area contributed by atoms with Crippen molar-refractivity contribution in [3.8, 4) is 0 Å². The van der Waals surface area contributed by atoms with Crippen LogP contribution >= 0.6 is 23.2 Å². The Labute approximate surface area is 227 Å². The third kappa shape index (κ3) is 7.05. The Hall–Kier alpha value is -3.03. The normalized spacial score (nSPS) is 12.4. The van der Waals surface area contributed by atoms with E-state index in [4.69, 9.17) is 23.2 Å². The standard InChI is InChI=1S/C29H26Cl2N2O3S/c1-21(24-10-8-22(9-11-24)18-28(34)19-23-5-4-6-26(31)17-23)33(20-27-7-2-3-16-32-27)37(35,36)29-14-12-25(30)13-15-29/h2-17,21H,18-20H2,1H3/t21-/m0/s1. The smallest absolute Gasteiger partial charge is 0.243 e. The number of aromatic nitrogens is 1. The predicted octanol–water partition coefficient (Wildman–Crippen LogP) is 6.69. The molecule has 4 rings (SSSR count). The molecular weight excluding hydrogens is 527 g/mol. The number of nitrogens with zero attached hydrogens (tertiary/aromatic N) is 2. The van der Waals surface area contributed by atoms with Crippen molar-refractivity contribution in [2.75, 3.05) is 0 Å². The third-order valence-electron chi connectivity index (χ3n) is 6.05. The number of sulfonamides is 1. The zero-order valence-corrected chi connectivity index (χ0v) is 22.5.